The first-order valence-electron chi connectivity index (χ1n) is 28.7. The zero-order valence-corrected chi connectivity index (χ0v) is 43.9. The molecule has 0 saturated heterocycles. The molecule has 6 heteroatoms. The van der Waals surface area contributed by atoms with Crippen molar-refractivity contribution >= 4 is 17.9 Å². The van der Waals surface area contributed by atoms with Gasteiger partial charge in [-0.05, 0) is 31.1 Å². The lowest BCUT2D eigenvalue weighted by Gasteiger charge is -2.18. The summed E-state index contributed by atoms with van der Waals surface area (Å²) in [7, 11) is 0. The van der Waals surface area contributed by atoms with Gasteiger partial charge in [-0.25, -0.2) is 0 Å². The second-order valence-corrected chi connectivity index (χ2v) is 20.9. The molecule has 0 fully saturated rings. The van der Waals surface area contributed by atoms with E-state index in [-0.39, 0.29) is 31.1 Å². The summed E-state index contributed by atoms with van der Waals surface area (Å²) in [4.78, 5) is 38.1. The molecule has 0 aromatic rings. The van der Waals surface area contributed by atoms with Gasteiger partial charge in [0.25, 0.3) is 0 Å². The Kier molecular flexibility index (Phi) is 49.6. The summed E-state index contributed by atoms with van der Waals surface area (Å²) in [6, 6.07) is 0. The van der Waals surface area contributed by atoms with Crippen molar-refractivity contribution in [2.75, 3.05) is 13.2 Å². The van der Waals surface area contributed by atoms with Gasteiger partial charge in [0.05, 0.1) is 0 Å². The number of carbonyl (C=O) groups excluding carboxylic acids is 3. The second kappa shape index (κ2) is 50.8. The molecule has 0 amide bonds. The Hall–Kier alpha value is -1.59. The van der Waals surface area contributed by atoms with E-state index in [4.69, 9.17) is 14.2 Å². The van der Waals surface area contributed by atoms with Crippen molar-refractivity contribution in [3.05, 3.63) is 0 Å². The summed E-state index contributed by atoms with van der Waals surface area (Å²) in [5.41, 5.74) is 0. The molecule has 0 aliphatic heterocycles. The number of hydrogen-bond acceptors (Lipinski definition) is 6. The van der Waals surface area contributed by atoms with Crippen LogP contribution < -0.4 is 0 Å². The first-order chi connectivity index (χ1) is 31.2. The van der Waals surface area contributed by atoms with Crippen molar-refractivity contribution in [1.82, 2.24) is 0 Å². The fraction of sp³-hybridized carbons (Fsp3) is 0.948. The van der Waals surface area contributed by atoms with E-state index in [9.17, 15) is 14.4 Å². The lowest BCUT2D eigenvalue weighted by molar-refractivity contribution is -0.167. The minimum absolute atomic E-state index is 0.0626. The van der Waals surface area contributed by atoms with Crippen LogP contribution in [0, 0.1) is 11.8 Å². The molecule has 0 rings (SSSR count). The fourth-order valence-electron chi connectivity index (χ4n) is 8.87. The molecule has 380 valence electrons. The SMILES string of the molecule is CCCCCCCCCCCCCCC(=O)O[C@@H](COC(=O)CCCCCCCCCCCCCCCCCC(C)C)COC(=O)CCCCCCCCCCCCCCCC(C)C. The number of ether oxygens (including phenoxy) is 3. The lowest BCUT2D eigenvalue weighted by Crippen LogP contribution is -2.30. The van der Waals surface area contributed by atoms with E-state index < -0.39 is 6.10 Å². The van der Waals surface area contributed by atoms with Gasteiger partial charge in [0.2, 0.25) is 0 Å². The summed E-state index contributed by atoms with van der Waals surface area (Å²) in [5.74, 6) is 0.849. The Labute approximate surface area is 399 Å². The van der Waals surface area contributed by atoms with Crippen LogP contribution >= 0.6 is 0 Å². The second-order valence-electron chi connectivity index (χ2n) is 20.9. The minimum Gasteiger partial charge on any atom is -0.462 e. The molecule has 0 aromatic heterocycles. The molecule has 0 unspecified atom stereocenters. The van der Waals surface area contributed by atoms with Gasteiger partial charge in [0, 0.05) is 19.3 Å². The highest BCUT2D eigenvalue weighted by molar-refractivity contribution is 5.71. The van der Waals surface area contributed by atoms with Gasteiger partial charge >= 0.3 is 17.9 Å². The van der Waals surface area contributed by atoms with Crippen molar-refractivity contribution in [2.45, 2.75) is 330 Å². The summed E-state index contributed by atoms with van der Waals surface area (Å²) < 4.78 is 16.9. The average molecular weight is 906 g/mol. The maximum atomic E-state index is 12.8. The quantitative estimate of drug-likeness (QED) is 0.0344. The third-order valence-electron chi connectivity index (χ3n) is 13.2. The Morgan fingerprint density at radius 1 is 0.297 bits per heavy atom. The van der Waals surface area contributed by atoms with Crippen molar-refractivity contribution in [2.24, 2.45) is 11.8 Å². The van der Waals surface area contributed by atoms with Gasteiger partial charge in [-0.15, -0.1) is 0 Å². The summed E-state index contributed by atoms with van der Waals surface area (Å²) in [6.45, 7) is 11.4. The molecule has 0 radical (unpaired) electrons. The molecule has 0 heterocycles. The summed E-state index contributed by atoms with van der Waals surface area (Å²) in [5, 5.41) is 0. The summed E-state index contributed by atoms with van der Waals surface area (Å²) >= 11 is 0. The highest BCUT2D eigenvalue weighted by Gasteiger charge is 2.19. The van der Waals surface area contributed by atoms with Gasteiger partial charge in [-0.3, -0.25) is 14.4 Å². The predicted molar refractivity (Wildman–Crippen MR) is 275 cm³/mol. The van der Waals surface area contributed by atoms with Crippen molar-refractivity contribution < 1.29 is 28.6 Å². The maximum Gasteiger partial charge on any atom is 0.306 e. The topological polar surface area (TPSA) is 78.9 Å². The van der Waals surface area contributed by atoms with Crippen LogP contribution in [0.1, 0.15) is 324 Å². The third-order valence-corrected chi connectivity index (χ3v) is 13.2. The molecule has 0 aliphatic carbocycles. The van der Waals surface area contributed by atoms with E-state index >= 15 is 0 Å². The molecular formula is C58H112O6. The van der Waals surface area contributed by atoms with Gasteiger partial charge in [0.1, 0.15) is 13.2 Å². The monoisotopic (exact) mass is 905 g/mol. The highest BCUT2D eigenvalue weighted by atomic mass is 16.6. The van der Waals surface area contributed by atoms with Crippen molar-refractivity contribution in [3.63, 3.8) is 0 Å². The van der Waals surface area contributed by atoms with Crippen LogP contribution in [0.5, 0.6) is 0 Å². The molecule has 64 heavy (non-hydrogen) atoms. The van der Waals surface area contributed by atoms with E-state index in [0.717, 1.165) is 69.6 Å². The van der Waals surface area contributed by atoms with Gasteiger partial charge < -0.3 is 14.2 Å². The van der Waals surface area contributed by atoms with Crippen molar-refractivity contribution in [3.8, 4) is 0 Å². The molecule has 1 atom stereocenters. The number of hydrogen-bond donors (Lipinski definition) is 0. The van der Waals surface area contributed by atoms with Crippen LogP contribution in [-0.4, -0.2) is 37.2 Å². The molecule has 0 saturated carbocycles. The normalized spacial score (nSPS) is 12.0. The Morgan fingerprint density at radius 2 is 0.516 bits per heavy atom. The molecule has 0 bridgehead atoms. The minimum atomic E-state index is -0.762. The van der Waals surface area contributed by atoms with E-state index in [1.807, 2.05) is 0 Å². The first kappa shape index (κ1) is 62.4. The molecule has 0 aliphatic rings. The zero-order valence-electron chi connectivity index (χ0n) is 43.9. The van der Waals surface area contributed by atoms with Crippen LogP contribution in [0.3, 0.4) is 0 Å². The average Bonchev–Trinajstić information content (AvgIpc) is 3.27. The predicted octanol–water partition coefficient (Wildman–Crippen LogP) is 18.9. The Bertz CT molecular complexity index is 978. The van der Waals surface area contributed by atoms with E-state index in [1.54, 1.807) is 0 Å². The number of carbonyl (C=O) groups is 3. The van der Waals surface area contributed by atoms with Crippen LogP contribution in [-0.2, 0) is 28.6 Å². The van der Waals surface area contributed by atoms with Gasteiger partial charge in [-0.2, -0.15) is 0 Å². The van der Waals surface area contributed by atoms with E-state index in [1.165, 1.54) is 212 Å². The summed E-state index contributed by atoms with van der Waals surface area (Å²) in [6.07, 6.45) is 53.8. The number of unbranched alkanes of at least 4 members (excludes halogenated alkanes) is 37. The largest absolute Gasteiger partial charge is 0.462 e. The molecule has 0 aromatic carbocycles. The molecule has 6 nitrogen and oxygen atoms in total. The van der Waals surface area contributed by atoms with Crippen LogP contribution in [0.25, 0.3) is 0 Å². The lowest BCUT2D eigenvalue weighted by atomic mass is 10.0. The Morgan fingerprint density at radius 3 is 0.766 bits per heavy atom. The van der Waals surface area contributed by atoms with Gasteiger partial charge in [0.15, 0.2) is 6.10 Å². The Balaban J connectivity index is 4.26. The van der Waals surface area contributed by atoms with Crippen molar-refractivity contribution in [1.29, 1.82) is 0 Å². The highest BCUT2D eigenvalue weighted by Crippen LogP contribution is 2.18. The first-order valence-corrected chi connectivity index (χ1v) is 28.7. The number of esters is 3. The van der Waals surface area contributed by atoms with Gasteiger partial charge in [-0.1, -0.05) is 285 Å². The van der Waals surface area contributed by atoms with E-state index in [2.05, 4.69) is 34.6 Å². The van der Waals surface area contributed by atoms with Crippen LogP contribution in [0.2, 0.25) is 0 Å². The number of rotatable bonds is 52. The molecular weight excluding hydrogens is 793 g/mol. The maximum absolute atomic E-state index is 12.8. The van der Waals surface area contributed by atoms with Crippen LogP contribution in [0.4, 0.5) is 0 Å². The van der Waals surface area contributed by atoms with E-state index in [0.29, 0.717) is 19.3 Å². The smallest absolute Gasteiger partial charge is 0.306 e. The third kappa shape index (κ3) is 51.4. The molecule has 0 N–H and O–H groups in total. The fourth-order valence-corrected chi connectivity index (χ4v) is 8.87. The molecule has 0 spiro atoms. The van der Waals surface area contributed by atoms with Crippen LogP contribution in [0.15, 0.2) is 0 Å². The standard InChI is InChI=1S/C58H112O6/c1-6-7-8-9-10-11-12-23-30-35-40-45-50-58(61)64-55(52-63-57(60)49-44-39-34-29-25-20-16-18-22-27-32-37-42-47-54(4)5)51-62-56(59)48-43-38-33-28-24-19-15-13-14-17-21-26-31-36-41-46-53(2)3/h53-55H,6-52H2,1-5H3/t55-/m0/s1. The zero-order chi connectivity index (χ0) is 46.8.